The van der Waals surface area contributed by atoms with Gasteiger partial charge in [0, 0.05) is 12.2 Å². The van der Waals surface area contributed by atoms with Crippen LogP contribution in [0.5, 0.6) is 0 Å². The van der Waals surface area contributed by atoms with Crippen molar-refractivity contribution in [2.45, 2.75) is 43.5 Å². The molecule has 1 saturated carbocycles. The molecule has 0 saturated heterocycles. The third-order valence-electron chi connectivity index (χ3n) is 3.39. The van der Waals surface area contributed by atoms with Crippen LogP contribution in [-0.4, -0.2) is 19.4 Å². The molecule has 1 heterocycles. The largest absolute Gasteiger partial charge is 0.307 e. The van der Waals surface area contributed by atoms with Crippen LogP contribution in [0.3, 0.4) is 0 Å². The number of halogens is 1. The van der Waals surface area contributed by atoms with Gasteiger partial charge in [0.2, 0.25) is 10.0 Å². The molecule has 0 spiro atoms. The van der Waals surface area contributed by atoms with Crippen molar-refractivity contribution in [1.29, 1.82) is 0 Å². The highest BCUT2D eigenvalue weighted by Crippen LogP contribution is 2.34. The molecule has 1 aliphatic rings. The molecule has 1 aliphatic carbocycles. The topological polar surface area (TPSA) is 97.1 Å². The molecular weight excluding hydrogens is 300 g/mol. The van der Waals surface area contributed by atoms with Crippen molar-refractivity contribution in [3.63, 3.8) is 0 Å². The second-order valence-electron chi connectivity index (χ2n) is 5.05. The molecule has 2 rings (SSSR count). The van der Waals surface area contributed by atoms with Gasteiger partial charge in [0.05, 0.1) is 5.02 Å². The van der Waals surface area contributed by atoms with Crippen LogP contribution in [0.15, 0.2) is 17.2 Å². The molecule has 4 N–H and O–H groups in total. The summed E-state index contributed by atoms with van der Waals surface area (Å²) in [6, 6.07) is 1.30. The third-order valence-corrected chi connectivity index (χ3v) is 5.17. The van der Waals surface area contributed by atoms with Gasteiger partial charge in [-0.1, -0.05) is 31.4 Å². The molecule has 1 fully saturated rings. The molecule has 8 heteroatoms. The van der Waals surface area contributed by atoms with E-state index in [2.05, 4.69) is 15.1 Å². The van der Waals surface area contributed by atoms with E-state index in [1.54, 1.807) is 0 Å². The molecule has 0 radical (unpaired) electrons. The van der Waals surface area contributed by atoms with E-state index in [0.717, 1.165) is 12.8 Å². The molecule has 1 aromatic heterocycles. The predicted octanol–water partition coefficient (Wildman–Crippen LogP) is 1.88. The maximum Gasteiger partial charge on any atom is 0.242 e. The van der Waals surface area contributed by atoms with E-state index < -0.39 is 10.0 Å². The monoisotopic (exact) mass is 318 g/mol. The second kappa shape index (κ2) is 6.26. The van der Waals surface area contributed by atoms with E-state index in [1.807, 2.05) is 6.92 Å². The van der Waals surface area contributed by atoms with Gasteiger partial charge in [-0.25, -0.2) is 24.0 Å². The molecule has 1 atom stereocenters. The average molecular weight is 319 g/mol. The summed E-state index contributed by atoms with van der Waals surface area (Å²) in [6.45, 7) is 1.97. The Hall–Kier alpha value is -0.890. The molecule has 20 heavy (non-hydrogen) atoms. The number of sulfonamides is 1. The van der Waals surface area contributed by atoms with Gasteiger partial charge in [0.1, 0.15) is 4.90 Å². The molecule has 0 bridgehead atoms. The Morgan fingerprint density at radius 3 is 2.75 bits per heavy atom. The number of nitrogen functional groups attached to an aromatic ring is 1. The van der Waals surface area contributed by atoms with Crippen molar-refractivity contribution in [2.75, 3.05) is 5.43 Å². The van der Waals surface area contributed by atoms with E-state index in [-0.39, 0.29) is 21.8 Å². The Bertz CT molecular complexity index is 575. The third kappa shape index (κ3) is 3.82. The molecule has 0 aliphatic heterocycles. The lowest BCUT2D eigenvalue weighted by Crippen LogP contribution is -2.34. The van der Waals surface area contributed by atoms with Crippen LogP contribution in [0.1, 0.15) is 32.6 Å². The van der Waals surface area contributed by atoms with E-state index in [4.69, 9.17) is 17.4 Å². The summed E-state index contributed by atoms with van der Waals surface area (Å²) in [7, 11) is -3.60. The van der Waals surface area contributed by atoms with Crippen LogP contribution in [0, 0.1) is 5.92 Å². The number of anilines is 1. The van der Waals surface area contributed by atoms with E-state index >= 15 is 0 Å². The summed E-state index contributed by atoms with van der Waals surface area (Å²) in [5, 5.41) is 0.172. The molecule has 1 aromatic rings. The summed E-state index contributed by atoms with van der Waals surface area (Å²) < 4.78 is 27.3. The number of nitrogens with one attached hydrogen (secondary N) is 2. The van der Waals surface area contributed by atoms with Crippen LogP contribution in [0.25, 0.3) is 0 Å². The Kier molecular flexibility index (Phi) is 4.85. The normalized spacial score (nSPS) is 16.9. The number of nitrogens with zero attached hydrogens (tertiary/aromatic N) is 1. The first kappa shape index (κ1) is 15.5. The predicted molar refractivity (Wildman–Crippen MR) is 78.8 cm³/mol. The van der Waals surface area contributed by atoms with Crippen molar-refractivity contribution >= 4 is 27.4 Å². The van der Waals surface area contributed by atoms with Gasteiger partial charge in [0.25, 0.3) is 0 Å². The number of pyridine rings is 1. The van der Waals surface area contributed by atoms with Crippen LogP contribution in [-0.2, 0) is 10.0 Å². The number of aromatic nitrogens is 1. The highest BCUT2D eigenvalue weighted by Gasteiger charge is 2.28. The maximum absolute atomic E-state index is 12.3. The molecular formula is C12H19ClN4O2S. The molecule has 112 valence electrons. The van der Waals surface area contributed by atoms with E-state index in [1.165, 1.54) is 25.1 Å². The number of hydrogen-bond acceptors (Lipinski definition) is 5. The fourth-order valence-corrected chi connectivity index (χ4v) is 3.60. The zero-order valence-electron chi connectivity index (χ0n) is 11.3. The van der Waals surface area contributed by atoms with E-state index in [9.17, 15) is 8.42 Å². The SMILES string of the molecule is CCC(CC1CC1)NS(=O)(=O)c1cnc(NN)c(Cl)c1. The number of hydrazine groups is 1. The Morgan fingerprint density at radius 1 is 1.55 bits per heavy atom. The van der Waals surface area contributed by atoms with Crippen molar-refractivity contribution in [3.8, 4) is 0 Å². The lowest BCUT2D eigenvalue weighted by Gasteiger charge is -2.17. The first-order valence-electron chi connectivity index (χ1n) is 6.60. The minimum Gasteiger partial charge on any atom is -0.307 e. The van der Waals surface area contributed by atoms with Gasteiger partial charge in [-0.05, 0) is 24.8 Å². The highest BCUT2D eigenvalue weighted by atomic mass is 35.5. The summed E-state index contributed by atoms with van der Waals surface area (Å²) in [5.41, 5.74) is 2.30. The maximum atomic E-state index is 12.3. The Morgan fingerprint density at radius 2 is 2.25 bits per heavy atom. The lowest BCUT2D eigenvalue weighted by atomic mass is 10.1. The first-order chi connectivity index (χ1) is 9.46. The number of nitrogens with two attached hydrogens (primary N) is 1. The van der Waals surface area contributed by atoms with Crippen LogP contribution in [0.2, 0.25) is 5.02 Å². The zero-order chi connectivity index (χ0) is 14.8. The number of hydrogen-bond donors (Lipinski definition) is 3. The summed E-state index contributed by atoms with van der Waals surface area (Å²) in [5.74, 6) is 6.12. The quantitative estimate of drug-likeness (QED) is 0.527. The minimum atomic E-state index is -3.60. The van der Waals surface area contributed by atoms with Gasteiger partial charge in [-0.15, -0.1) is 0 Å². The van der Waals surface area contributed by atoms with Crippen molar-refractivity contribution < 1.29 is 8.42 Å². The van der Waals surface area contributed by atoms with Gasteiger partial charge < -0.3 is 5.43 Å². The second-order valence-corrected chi connectivity index (χ2v) is 7.17. The van der Waals surface area contributed by atoms with E-state index in [0.29, 0.717) is 5.92 Å². The van der Waals surface area contributed by atoms with Gasteiger partial charge in [-0.3, -0.25) is 0 Å². The fourth-order valence-electron chi connectivity index (χ4n) is 2.02. The smallest absolute Gasteiger partial charge is 0.242 e. The van der Waals surface area contributed by atoms with Gasteiger partial charge >= 0.3 is 0 Å². The molecule has 0 amide bonds. The Labute approximate surface area is 124 Å². The minimum absolute atomic E-state index is 0.0430. The standard InChI is InChI=1S/C12H19ClN4O2S/c1-2-9(5-8-3-4-8)17-20(18,19)10-6-11(13)12(16-14)15-7-10/h6-9,17H,2-5,14H2,1H3,(H,15,16). The average Bonchev–Trinajstić information content (AvgIpc) is 3.21. The van der Waals surface area contributed by atoms with Crippen molar-refractivity contribution in [2.24, 2.45) is 11.8 Å². The number of rotatable bonds is 7. The van der Waals surface area contributed by atoms with Crippen LogP contribution < -0.4 is 16.0 Å². The highest BCUT2D eigenvalue weighted by molar-refractivity contribution is 7.89. The van der Waals surface area contributed by atoms with Crippen LogP contribution in [0.4, 0.5) is 5.82 Å². The summed E-state index contributed by atoms with van der Waals surface area (Å²) in [6.07, 6.45) is 5.29. The van der Waals surface area contributed by atoms with Gasteiger partial charge in [0.15, 0.2) is 5.82 Å². The van der Waals surface area contributed by atoms with Crippen molar-refractivity contribution in [1.82, 2.24) is 9.71 Å². The van der Waals surface area contributed by atoms with Crippen molar-refractivity contribution in [3.05, 3.63) is 17.3 Å². The summed E-state index contributed by atoms with van der Waals surface area (Å²) >= 11 is 5.90. The lowest BCUT2D eigenvalue weighted by molar-refractivity contribution is 0.495. The molecule has 1 unspecified atom stereocenters. The first-order valence-corrected chi connectivity index (χ1v) is 8.47. The summed E-state index contributed by atoms with van der Waals surface area (Å²) in [4.78, 5) is 3.93. The zero-order valence-corrected chi connectivity index (χ0v) is 12.8. The fraction of sp³-hybridized carbons (Fsp3) is 0.583. The molecule has 0 aromatic carbocycles. The molecule has 6 nitrogen and oxygen atoms in total. The van der Waals surface area contributed by atoms with Gasteiger partial charge in [-0.2, -0.15) is 0 Å². The Balaban J connectivity index is 2.13. The van der Waals surface area contributed by atoms with Crippen LogP contribution >= 0.6 is 11.6 Å².